The Hall–Kier alpha value is -3.07. The first kappa shape index (κ1) is 20.2. The lowest BCUT2D eigenvalue weighted by Crippen LogP contribution is -2.43. The highest BCUT2D eigenvalue weighted by atomic mass is 19.4. The highest BCUT2D eigenvalue weighted by Crippen LogP contribution is 2.36. The van der Waals surface area contributed by atoms with Gasteiger partial charge in [0.25, 0.3) is 0 Å². The quantitative estimate of drug-likeness (QED) is 0.619. The number of nitrogens with zero attached hydrogens (tertiary/aromatic N) is 3. The number of nitrogens with one attached hydrogen (secondary N) is 1. The summed E-state index contributed by atoms with van der Waals surface area (Å²) in [5, 5.41) is 4.12. The molecule has 0 atom stereocenters. The number of piperazine rings is 1. The molecule has 4 rings (SSSR count). The van der Waals surface area contributed by atoms with Crippen LogP contribution in [0.1, 0.15) is 5.56 Å². The average molecular weight is 418 g/mol. The zero-order chi connectivity index (χ0) is 21.0. The molecule has 158 valence electrons. The van der Waals surface area contributed by atoms with E-state index in [4.69, 9.17) is 9.47 Å². The van der Waals surface area contributed by atoms with Gasteiger partial charge >= 0.3 is 6.18 Å². The Balaban J connectivity index is 1.42. The SMILES string of the molecule is FC(F)(F)c1ccc(N2CCNCC2)nc1OCCOc1ccc2ncccc2c1. The van der Waals surface area contributed by atoms with Crippen molar-refractivity contribution in [3.8, 4) is 11.6 Å². The Morgan fingerprint density at radius 3 is 2.60 bits per heavy atom. The van der Waals surface area contributed by atoms with Gasteiger partial charge < -0.3 is 19.7 Å². The normalized spacial score (nSPS) is 14.7. The maximum atomic E-state index is 13.4. The second kappa shape index (κ2) is 8.74. The third kappa shape index (κ3) is 4.73. The van der Waals surface area contributed by atoms with Gasteiger partial charge in [0.2, 0.25) is 5.88 Å². The van der Waals surface area contributed by atoms with Crippen LogP contribution in [-0.2, 0) is 6.18 Å². The van der Waals surface area contributed by atoms with E-state index in [9.17, 15) is 13.2 Å². The minimum absolute atomic E-state index is 0.0633. The number of anilines is 1. The highest BCUT2D eigenvalue weighted by molar-refractivity contribution is 5.79. The van der Waals surface area contributed by atoms with Gasteiger partial charge in [-0.15, -0.1) is 0 Å². The molecular weight excluding hydrogens is 397 g/mol. The van der Waals surface area contributed by atoms with E-state index >= 15 is 0 Å². The van der Waals surface area contributed by atoms with Gasteiger partial charge in [0, 0.05) is 37.8 Å². The lowest BCUT2D eigenvalue weighted by molar-refractivity contribution is -0.139. The predicted octanol–water partition coefficient (Wildman–Crippen LogP) is 3.52. The fourth-order valence-corrected chi connectivity index (χ4v) is 3.27. The number of alkyl halides is 3. The zero-order valence-electron chi connectivity index (χ0n) is 16.2. The van der Waals surface area contributed by atoms with Crippen molar-refractivity contribution in [2.24, 2.45) is 0 Å². The largest absolute Gasteiger partial charge is 0.490 e. The van der Waals surface area contributed by atoms with Crippen LogP contribution in [0.4, 0.5) is 19.0 Å². The second-order valence-electron chi connectivity index (χ2n) is 6.81. The summed E-state index contributed by atoms with van der Waals surface area (Å²) in [6.07, 6.45) is -2.84. The Morgan fingerprint density at radius 1 is 1.00 bits per heavy atom. The van der Waals surface area contributed by atoms with Crippen LogP contribution in [0, 0.1) is 0 Å². The van der Waals surface area contributed by atoms with Gasteiger partial charge in [-0.2, -0.15) is 18.2 Å². The van der Waals surface area contributed by atoms with Crippen LogP contribution in [0.3, 0.4) is 0 Å². The summed E-state index contributed by atoms with van der Waals surface area (Å²) in [7, 11) is 0. The van der Waals surface area contributed by atoms with Crippen molar-refractivity contribution in [2.75, 3.05) is 44.3 Å². The van der Waals surface area contributed by atoms with Crippen molar-refractivity contribution in [3.05, 3.63) is 54.2 Å². The fraction of sp³-hybridized carbons (Fsp3) is 0.333. The number of fused-ring (bicyclic) bond motifs is 1. The van der Waals surface area contributed by atoms with E-state index in [0.29, 0.717) is 24.7 Å². The molecule has 1 fully saturated rings. The predicted molar refractivity (Wildman–Crippen MR) is 107 cm³/mol. The van der Waals surface area contributed by atoms with E-state index in [2.05, 4.69) is 15.3 Å². The molecule has 2 aromatic heterocycles. The maximum Gasteiger partial charge on any atom is 0.421 e. The number of benzene rings is 1. The number of hydrogen-bond donors (Lipinski definition) is 1. The first-order valence-electron chi connectivity index (χ1n) is 9.65. The zero-order valence-corrected chi connectivity index (χ0v) is 16.2. The van der Waals surface area contributed by atoms with Crippen molar-refractivity contribution in [3.63, 3.8) is 0 Å². The molecule has 9 heteroatoms. The fourth-order valence-electron chi connectivity index (χ4n) is 3.27. The van der Waals surface area contributed by atoms with Crippen LogP contribution in [0.5, 0.6) is 11.6 Å². The van der Waals surface area contributed by atoms with Crippen molar-refractivity contribution < 1.29 is 22.6 Å². The summed E-state index contributed by atoms with van der Waals surface area (Å²) in [6.45, 7) is 2.90. The van der Waals surface area contributed by atoms with Gasteiger partial charge in [0.1, 0.15) is 30.3 Å². The number of ether oxygens (including phenoxy) is 2. The van der Waals surface area contributed by atoms with Crippen LogP contribution in [0.25, 0.3) is 10.9 Å². The molecule has 0 radical (unpaired) electrons. The third-order valence-corrected chi connectivity index (χ3v) is 4.76. The third-order valence-electron chi connectivity index (χ3n) is 4.76. The summed E-state index contributed by atoms with van der Waals surface area (Å²) < 4.78 is 51.1. The van der Waals surface area contributed by atoms with Crippen LogP contribution >= 0.6 is 0 Å². The molecule has 1 aliphatic rings. The van der Waals surface area contributed by atoms with E-state index in [1.807, 2.05) is 29.2 Å². The van der Waals surface area contributed by atoms with Crippen LogP contribution in [0.2, 0.25) is 0 Å². The van der Waals surface area contributed by atoms with Crippen LogP contribution < -0.4 is 19.7 Å². The molecule has 0 saturated carbocycles. The molecular formula is C21H21F3N4O2. The first-order chi connectivity index (χ1) is 14.5. The van der Waals surface area contributed by atoms with E-state index in [1.165, 1.54) is 6.07 Å². The molecule has 1 N–H and O–H groups in total. The van der Waals surface area contributed by atoms with Crippen molar-refractivity contribution in [1.29, 1.82) is 0 Å². The van der Waals surface area contributed by atoms with Crippen molar-refractivity contribution in [2.45, 2.75) is 6.18 Å². The summed E-state index contributed by atoms with van der Waals surface area (Å²) in [5.41, 5.74) is -0.0528. The molecule has 0 amide bonds. The van der Waals surface area contributed by atoms with Gasteiger partial charge in [-0.25, -0.2) is 0 Å². The van der Waals surface area contributed by atoms with Gasteiger partial charge in [-0.1, -0.05) is 6.07 Å². The standard InChI is InChI=1S/C21H21F3N4O2/c22-21(23,24)17-4-6-19(28-10-8-25-9-11-28)27-20(17)30-13-12-29-16-3-5-18-15(14-16)2-1-7-26-18/h1-7,14,25H,8-13H2. The number of pyridine rings is 2. The van der Waals surface area contributed by atoms with Gasteiger partial charge in [-0.3, -0.25) is 4.98 Å². The maximum absolute atomic E-state index is 13.4. The molecule has 0 aliphatic carbocycles. The lowest BCUT2D eigenvalue weighted by Gasteiger charge is -2.29. The minimum Gasteiger partial charge on any atom is -0.490 e. The second-order valence-corrected chi connectivity index (χ2v) is 6.81. The first-order valence-corrected chi connectivity index (χ1v) is 9.65. The van der Waals surface area contributed by atoms with Gasteiger partial charge in [0.05, 0.1) is 5.52 Å². The number of hydrogen-bond acceptors (Lipinski definition) is 6. The molecule has 30 heavy (non-hydrogen) atoms. The summed E-state index contributed by atoms with van der Waals surface area (Å²) >= 11 is 0. The number of rotatable bonds is 6. The van der Waals surface area contributed by atoms with Crippen LogP contribution in [0.15, 0.2) is 48.7 Å². The Bertz CT molecular complexity index is 1010. The van der Waals surface area contributed by atoms with E-state index in [-0.39, 0.29) is 13.2 Å². The molecule has 0 spiro atoms. The van der Waals surface area contributed by atoms with Crippen molar-refractivity contribution >= 4 is 16.7 Å². The summed E-state index contributed by atoms with van der Waals surface area (Å²) in [5.74, 6) is 0.643. The molecule has 6 nitrogen and oxygen atoms in total. The molecule has 0 bridgehead atoms. The monoisotopic (exact) mass is 418 g/mol. The van der Waals surface area contributed by atoms with Gasteiger partial charge in [0.15, 0.2) is 0 Å². The average Bonchev–Trinajstić information content (AvgIpc) is 2.76. The number of halogens is 3. The molecule has 3 heterocycles. The molecule has 3 aromatic rings. The minimum atomic E-state index is -4.55. The smallest absolute Gasteiger partial charge is 0.421 e. The summed E-state index contributed by atoms with van der Waals surface area (Å²) in [4.78, 5) is 10.3. The van der Waals surface area contributed by atoms with Crippen molar-refractivity contribution in [1.82, 2.24) is 15.3 Å². The van der Waals surface area contributed by atoms with Gasteiger partial charge in [-0.05, 0) is 36.4 Å². The highest BCUT2D eigenvalue weighted by Gasteiger charge is 2.36. The molecule has 1 aromatic carbocycles. The van der Waals surface area contributed by atoms with Crippen LogP contribution in [-0.4, -0.2) is 49.4 Å². The molecule has 1 saturated heterocycles. The molecule has 1 aliphatic heterocycles. The summed E-state index contributed by atoms with van der Waals surface area (Å²) in [6, 6.07) is 11.6. The van der Waals surface area contributed by atoms with E-state index in [0.717, 1.165) is 30.1 Å². The Labute approximate surface area is 171 Å². The Morgan fingerprint density at radius 2 is 1.80 bits per heavy atom. The number of aromatic nitrogens is 2. The van der Waals surface area contributed by atoms with E-state index in [1.54, 1.807) is 12.3 Å². The van der Waals surface area contributed by atoms with E-state index < -0.39 is 17.6 Å². The molecule has 0 unspecified atom stereocenters. The lowest BCUT2D eigenvalue weighted by atomic mass is 10.2. The topological polar surface area (TPSA) is 59.5 Å². The Kier molecular flexibility index (Phi) is 5.89.